The molecule has 0 aliphatic rings. The Kier molecular flexibility index (Phi) is 9.24. The highest BCUT2D eigenvalue weighted by atomic mass is 32.1. The summed E-state index contributed by atoms with van der Waals surface area (Å²) < 4.78 is 16.1. The molecule has 2 rings (SSSR count). The number of nitrogens with zero attached hydrogens (tertiary/aromatic N) is 3. The number of esters is 1. The molecule has 30 heavy (non-hydrogen) atoms. The van der Waals surface area contributed by atoms with E-state index in [1.54, 1.807) is 26.2 Å². The molecule has 0 unspecified atom stereocenters. The quantitative estimate of drug-likeness (QED) is 0.501. The van der Waals surface area contributed by atoms with Gasteiger partial charge >= 0.3 is 5.97 Å². The van der Waals surface area contributed by atoms with Gasteiger partial charge < -0.3 is 19.1 Å². The summed E-state index contributed by atoms with van der Waals surface area (Å²) >= 11 is 1.27. The number of likely N-dealkylation sites (N-methyl/N-ethyl adjacent to an activating group) is 1. The molecule has 0 saturated carbocycles. The zero-order valence-electron chi connectivity index (χ0n) is 18.2. The van der Waals surface area contributed by atoms with Gasteiger partial charge in [-0.1, -0.05) is 13.8 Å². The van der Waals surface area contributed by atoms with Crippen molar-refractivity contribution < 1.29 is 19.0 Å². The molecule has 1 aromatic carbocycles. The lowest BCUT2D eigenvalue weighted by atomic mass is 10.1. The average Bonchev–Trinajstić information content (AvgIpc) is 3.12. The fourth-order valence-electron chi connectivity index (χ4n) is 2.56. The zero-order valence-corrected chi connectivity index (χ0v) is 19.0. The van der Waals surface area contributed by atoms with Crippen molar-refractivity contribution in [1.29, 1.82) is 5.26 Å². The van der Waals surface area contributed by atoms with Crippen molar-refractivity contribution in [2.75, 3.05) is 47.1 Å². The first-order valence-electron chi connectivity index (χ1n) is 9.85. The molecule has 7 nitrogen and oxygen atoms in total. The van der Waals surface area contributed by atoms with Crippen LogP contribution in [-0.2, 0) is 9.47 Å². The Morgan fingerprint density at radius 3 is 2.70 bits per heavy atom. The monoisotopic (exact) mass is 431 g/mol. The van der Waals surface area contributed by atoms with Crippen molar-refractivity contribution in [3.05, 3.63) is 34.3 Å². The van der Waals surface area contributed by atoms with Crippen LogP contribution in [0, 0.1) is 24.2 Å². The second-order valence-corrected chi connectivity index (χ2v) is 8.39. The lowest BCUT2D eigenvalue weighted by Gasteiger charge is -2.15. The van der Waals surface area contributed by atoms with Gasteiger partial charge in [-0.25, -0.2) is 9.78 Å². The number of rotatable bonds is 11. The first-order valence-corrected chi connectivity index (χ1v) is 10.7. The van der Waals surface area contributed by atoms with E-state index in [0.29, 0.717) is 59.2 Å². The minimum atomic E-state index is -0.381. The number of methoxy groups -OCH3 is 1. The molecule has 0 N–H and O–H groups in total. The molecule has 1 aromatic heterocycles. The van der Waals surface area contributed by atoms with E-state index in [9.17, 15) is 10.1 Å². The number of hydrogen-bond donors (Lipinski definition) is 0. The van der Waals surface area contributed by atoms with Gasteiger partial charge in [-0.3, -0.25) is 0 Å². The number of carbonyl (C=O) groups excluding carboxylic acids is 1. The summed E-state index contributed by atoms with van der Waals surface area (Å²) in [6.07, 6.45) is 0. The Balaban J connectivity index is 2.06. The van der Waals surface area contributed by atoms with E-state index in [0.717, 1.165) is 12.1 Å². The summed E-state index contributed by atoms with van der Waals surface area (Å²) in [7, 11) is 3.61. The SMILES string of the molecule is COCCN(C)CCOC(=O)c1sc(-c2ccc(OCC(C)C)c(C#N)c2)nc1C. The van der Waals surface area contributed by atoms with Gasteiger partial charge in [0.25, 0.3) is 0 Å². The van der Waals surface area contributed by atoms with Crippen molar-refractivity contribution in [1.82, 2.24) is 9.88 Å². The number of hydrogen-bond acceptors (Lipinski definition) is 8. The molecule has 0 bridgehead atoms. The van der Waals surface area contributed by atoms with Crippen LogP contribution < -0.4 is 4.74 Å². The van der Waals surface area contributed by atoms with Crippen LogP contribution in [-0.4, -0.2) is 62.9 Å². The fourth-order valence-corrected chi connectivity index (χ4v) is 3.52. The molecule has 0 saturated heterocycles. The standard InChI is InChI=1S/C22H29N3O4S/c1-15(2)14-29-19-7-6-17(12-18(19)13-23)21-24-16(3)20(30-21)22(26)28-11-9-25(4)8-10-27-5/h6-7,12,15H,8-11,14H2,1-5H3. The van der Waals surface area contributed by atoms with Crippen LogP contribution in [0.2, 0.25) is 0 Å². The molecule has 0 atom stereocenters. The van der Waals surface area contributed by atoms with E-state index in [1.807, 2.05) is 18.0 Å². The molecule has 1 heterocycles. The van der Waals surface area contributed by atoms with Gasteiger partial charge in [0.15, 0.2) is 0 Å². The Bertz CT molecular complexity index is 889. The molecule has 2 aromatic rings. The number of ether oxygens (including phenoxy) is 3. The first kappa shape index (κ1) is 23.8. The van der Waals surface area contributed by atoms with Gasteiger partial charge in [0, 0.05) is 25.8 Å². The molecule has 0 fully saturated rings. The van der Waals surface area contributed by atoms with Crippen molar-refractivity contribution in [3.8, 4) is 22.4 Å². The third kappa shape index (κ3) is 6.80. The van der Waals surface area contributed by atoms with Crippen LogP contribution in [0.15, 0.2) is 18.2 Å². The molecule has 0 aliphatic heterocycles. The average molecular weight is 432 g/mol. The van der Waals surface area contributed by atoms with Gasteiger partial charge in [0.05, 0.1) is 24.5 Å². The second-order valence-electron chi connectivity index (χ2n) is 7.39. The zero-order chi connectivity index (χ0) is 22.1. The van der Waals surface area contributed by atoms with Crippen LogP contribution in [0.3, 0.4) is 0 Å². The summed E-state index contributed by atoms with van der Waals surface area (Å²) in [4.78, 5) is 19.5. The number of benzene rings is 1. The minimum absolute atomic E-state index is 0.298. The van der Waals surface area contributed by atoms with Crippen molar-refractivity contribution in [3.63, 3.8) is 0 Å². The molecule has 162 valence electrons. The van der Waals surface area contributed by atoms with Crippen LogP contribution in [0.1, 0.15) is 34.8 Å². The van der Waals surface area contributed by atoms with Crippen molar-refractivity contribution in [2.24, 2.45) is 5.92 Å². The topological polar surface area (TPSA) is 84.7 Å². The molecular weight excluding hydrogens is 402 g/mol. The third-order valence-electron chi connectivity index (χ3n) is 4.28. The summed E-state index contributed by atoms with van der Waals surface area (Å²) in [5, 5.41) is 10.1. The lowest BCUT2D eigenvalue weighted by molar-refractivity contribution is 0.0467. The van der Waals surface area contributed by atoms with Crippen molar-refractivity contribution >= 4 is 17.3 Å². The highest BCUT2D eigenvalue weighted by molar-refractivity contribution is 7.17. The summed E-state index contributed by atoms with van der Waals surface area (Å²) in [6.45, 7) is 8.76. The molecule has 8 heteroatoms. The van der Waals surface area contributed by atoms with E-state index < -0.39 is 0 Å². The predicted octanol–water partition coefficient (Wildman–Crippen LogP) is 3.76. The van der Waals surface area contributed by atoms with Gasteiger partial charge in [0.2, 0.25) is 0 Å². The first-order chi connectivity index (χ1) is 14.3. The smallest absolute Gasteiger partial charge is 0.350 e. The number of nitriles is 1. The number of aromatic nitrogens is 1. The van der Waals surface area contributed by atoms with Crippen LogP contribution >= 0.6 is 11.3 Å². The Hall–Kier alpha value is -2.47. The molecule has 0 radical (unpaired) electrons. The molecular formula is C22H29N3O4S. The lowest BCUT2D eigenvalue weighted by Crippen LogP contribution is -2.27. The highest BCUT2D eigenvalue weighted by Gasteiger charge is 2.18. The maximum absolute atomic E-state index is 12.5. The van der Waals surface area contributed by atoms with Crippen LogP contribution in [0.5, 0.6) is 5.75 Å². The van der Waals surface area contributed by atoms with Gasteiger partial charge in [0.1, 0.15) is 28.3 Å². The normalized spacial score (nSPS) is 11.0. The highest BCUT2D eigenvalue weighted by Crippen LogP contribution is 2.31. The summed E-state index contributed by atoms with van der Waals surface area (Å²) in [6, 6.07) is 7.55. The van der Waals surface area contributed by atoms with Gasteiger partial charge in [-0.2, -0.15) is 5.26 Å². The van der Waals surface area contributed by atoms with Crippen LogP contribution in [0.4, 0.5) is 0 Å². The van der Waals surface area contributed by atoms with E-state index >= 15 is 0 Å². The van der Waals surface area contributed by atoms with Crippen LogP contribution in [0.25, 0.3) is 10.6 Å². The molecule has 0 spiro atoms. The largest absolute Gasteiger partial charge is 0.492 e. The second kappa shape index (κ2) is 11.6. The summed E-state index contributed by atoms with van der Waals surface area (Å²) in [5.41, 5.74) is 1.84. The minimum Gasteiger partial charge on any atom is -0.492 e. The predicted molar refractivity (Wildman–Crippen MR) is 117 cm³/mol. The fraction of sp³-hybridized carbons (Fsp3) is 0.500. The van der Waals surface area contributed by atoms with E-state index in [4.69, 9.17) is 14.2 Å². The maximum Gasteiger partial charge on any atom is 0.350 e. The van der Waals surface area contributed by atoms with E-state index in [-0.39, 0.29) is 5.97 Å². The number of thiazole rings is 1. The molecule has 0 amide bonds. The maximum atomic E-state index is 12.5. The Morgan fingerprint density at radius 1 is 1.30 bits per heavy atom. The number of aryl methyl sites for hydroxylation is 1. The Labute approximate surface area is 182 Å². The summed E-state index contributed by atoms with van der Waals surface area (Å²) in [5.74, 6) is 0.542. The third-order valence-corrected chi connectivity index (χ3v) is 5.47. The molecule has 0 aliphatic carbocycles. The van der Waals surface area contributed by atoms with E-state index in [2.05, 4.69) is 24.9 Å². The van der Waals surface area contributed by atoms with Gasteiger partial charge in [-0.15, -0.1) is 11.3 Å². The van der Waals surface area contributed by atoms with E-state index in [1.165, 1.54) is 11.3 Å². The van der Waals surface area contributed by atoms with Gasteiger partial charge in [-0.05, 0) is 38.1 Å². The number of carbonyl (C=O) groups is 1. The van der Waals surface area contributed by atoms with Crippen molar-refractivity contribution in [2.45, 2.75) is 20.8 Å². The Morgan fingerprint density at radius 2 is 2.03 bits per heavy atom.